The van der Waals surface area contributed by atoms with E-state index in [1.165, 1.54) is 0 Å². The lowest BCUT2D eigenvalue weighted by molar-refractivity contribution is 0.0607. The molecule has 0 bridgehead atoms. The maximum absolute atomic E-state index is 11.5. The summed E-state index contributed by atoms with van der Waals surface area (Å²) in [5.41, 5.74) is -0.257. The number of nitrogens with zero attached hydrogens (tertiary/aromatic N) is 1. The molecule has 1 atom stereocenters. The molecule has 126 valence electrons. The highest BCUT2D eigenvalue weighted by atomic mass is 32.2. The van der Waals surface area contributed by atoms with Crippen molar-refractivity contribution in [3.63, 3.8) is 0 Å². The van der Waals surface area contributed by atoms with Gasteiger partial charge in [-0.2, -0.15) is 0 Å². The van der Waals surface area contributed by atoms with Gasteiger partial charge in [-0.25, -0.2) is 0 Å². The molecule has 0 fully saturated rings. The molecule has 24 heavy (non-hydrogen) atoms. The second-order valence-corrected chi connectivity index (χ2v) is 7.87. The summed E-state index contributed by atoms with van der Waals surface area (Å²) in [6.45, 7) is 3.57. The molecule has 1 heterocycles. The third kappa shape index (κ3) is 3.56. The van der Waals surface area contributed by atoms with Crippen molar-refractivity contribution in [2.75, 3.05) is 5.75 Å². The molecule has 2 N–H and O–H groups in total. The fourth-order valence-electron chi connectivity index (χ4n) is 2.90. The molecule has 0 spiro atoms. The lowest BCUT2D eigenvalue weighted by atomic mass is 9.84. The zero-order chi connectivity index (χ0) is 17.2. The molecule has 0 amide bonds. The molecule has 2 aromatic rings. The van der Waals surface area contributed by atoms with Crippen LogP contribution in [0.5, 0.6) is 0 Å². The van der Waals surface area contributed by atoms with E-state index in [4.69, 9.17) is 0 Å². The Balaban J connectivity index is 1.96. The maximum atomic E-state index is 11.5. The zero-order valence-electron chi connectivity index (χ0n) is 14.0. The fraction of sp³-hybridized carbons (Fsp3) is 0.350. The Labute approximate surface area is 147 Å². The van der Waals surface area contributed by atoms with E-state index in [0.717, 1.165) is 21.9 Å². The van der Waals surface area contributed by atoms with Gasteiger partial charge in [0, 0.05) is 12.2 Å². The minimum absolute atomic E-state index is 0.131. The molecule has 0 unspecified atom stereocenters. The molecule has 0 saturated carbocycles. The first-order valence-electron chi connectivity index (χ1n) is 8.15. The van der Waals surface area contributed by atoms with E-state index in [9.17, 15) is 10.2 Å². The fourth-order valence-corrected chi connectivity index (χ4v) is 4.24. The third-order valence-electron chi connectivity index (χ3n) is 4.43. The quantitative estimate of drug-likeness (QED) is 0.874. The van der Waals surface area contributed by atoms with Crippen LogP contribution in [0.1, 0.15) is 31.4 Å². The average Bonchev–Trinajstić information content (AvgIpc) is 3.05. The molecule has 1 aliphatic rings. The summed E-state index contributed by atoms with van der Waals surface area (Å²) in [5.74, 6) is 0.749. The van der Waals surface area contributed by atoms with Crippen molar-refractivity contribution in [2.45, 2.75) is 37.5 Å². The van der Waals surface area contributed by atoms with Gasteiger partial charge >= 0.3 is 0 Å². The van der Waals surface area contributed by atoms with E-state index < -0.39 is 11.2 Å². The number of hydrogen-bond donors (Lipinski definition) is 2. The normalized spacial score (nSPS) is 18.5. The van der Waals surface area contributed by atoms with Crippen LogP contribution < -0.4 is 0 Å². The standard InChI is InChI=1S/C20H23NO2S/c1-19(2,22)17-14-24-18(21-17)13-20(23,15-9-5-3-6-10-15)16-11-7-4-8-12-16/h3-12,17,22-23H,13-14H2,1-2H3/t17-/m0/s1. The van der Waals surface area contributed by atoms with E-state index in [-0.39, 0.29) is 6.04 Å². The van der Waals surface area contributed by atoms with Gasteiger partial charge < -0.3 is 10.2 Å². The van der Waals surface area contributed by atoms with E-state index in [1.54, 1.807) is 25.6 Å². The highest BCUT2D eigenvalue weighted by molar-refractivity contribution is 8.14. The van der Waals surface area contributed by atoms with Crippen LogP contribution in [0.3, 0.4) is 0 Å². The number of benzene rings is 2. The molecule has 0 aliphatic carbocycles. The monoisotopic (exact) mass is 341 g/mol. The summed E-state index contributed by atoms with van der Waals surface area (Å²) in [7, 11) is 0. The van der Waals surface area contributed by atoms with Crippen molar-refractivity contribution in [3.05, 3.63) is 71.8 Å². The molecule has 0 saturated heterocycles. The summed E-state index contributed by atoms with van der Waals surface area (Å²) in [4.78, 5) is 4.66. The SMILES string of the molecule is CC(C)(O)[C@@H]1CSC(CC(O)(c2ccccc2)c2ccccc2)=N1. The zero-order valence-corrected chi connectivity index (χ0v) is 14.8. The lowest BCUT2D eigenvalue weighted by Crippen LogP contribution is -2.34. The van der Waals surface area contributed by atoms with Crippen LogP contribution in [0.25, 0.3) is 0 Å². The minimum Gasteiger partial charge on any atom is -0.388 e. The number of rotatable bonds is 5. The Kier molecular flexibility index (Phi) is 4.81. The Morgan fingerprint density at radius 3 is 1.88 bits per heavy atom. The van der Waals surface area contributed by atoms with Crippen LogP contribution >= 0.6 is 11.8 Å². The lowest BCUT2D eigenvalue weighted by Gasteiger charge is -2.29. The number of thioether (sulfide) groups is 1. The summed E-state index contributed by atoms with van der Waals surface area (Å²) in [6, 6.07) is 19.3. The second-order valence-electron chi connectivity index (χ2n) is 6.77. The van der Waals surface area contributed by atoms with Crippen LogP contribution in [0, 0.1) is 0 Å². The highest BCUT2D eigenvalue weighted by Crippen LogP contribution is 2.37. The van der Waals surface area contributed by atoms with Gasteiger partial charge in [0.25, 0.3) is 0 Å². The molecule has 3 nitrogen and oxygen atoms in total. The second kappa shape index (κ2) is 6.71. The van der Waals surface area contributed by atoms with Gasteiger partial charge in [-0.1, -0.05) is 60.7 Å². The molecular weight excluding hydrogens is 318 g/mol. The van der Waals surface area contributed by atoms with E-state index >= 15 is 0 Å². The molecule has 2 aromatic carbocycles. The average molecular weight is 341 g/mol. The van der Waals surface area contributed by atoms with Crippen LogP contribution in [-0.4, -0.2) is 32.7 Å². The van der Waals surface area contributed by atoms with Gasteiger partial charge in [-0.3, -0.25) is 4.99 Å². The van der Waals surface area contributed by atoms with Crippen LogP contribution in [0.15, 0.2) is 65.7 Å². The Morgan fingerprint density at radius 2 is 1.46 bits per heavy atom. The maximum Gasteiger partial charge on any atom is 0.121 e. The topological polar surface area (TPSA) is 52.8 Å². The van der Waals surface area contributed by atoms with Gasteiger partial charge in [0.2, 0.25) is 0 Å². The third-order valence-corrected chi connectivity index (χ3v) is 5.50. The molecule has 0 aromatic heterocycles. The Hall–Kier alpha value is -1.62. The molecule has 4 heteroatoms. The predicted molar refractivity (Wildman–Crippen MR) is 100 cm³/mol. The van der Waals surface area contributed by atoms with Gasteiger partial charge in [0.15, 0.2) is 0 Å². The van der Waals surface area contributed by atoms with Crippen LogP contribution in [-0.2, 0) is 5.60 Å². The van der Waals surface area contributed by atoms with Gasteiger partial charge in [0.1, 0.15) is 5.60 Å². The minimum atomic E-state index is -1.12. The van der Waals surface area contributed by atoms with E-state index in [1.807, 2.05) is 60.7 Å². The van der Waals surface area contributed by atoms with Gasteiger partial charge in [0.05, 0.1) is 16.7 Å². The molecule has 3 rings (SSSR count). The van der Waals surface area contributed by atoms with Crippen molar-refractivity contribution in [1.29, 1.82) is 0 Å². The van der Waals surface area contributed by atoms with Crippen LogP contribution in [0.2, 0.25) is 0 Å². The number of aliphatic hydroxyl groups is 2. The Morgan fingerprint density at radius 1 is 0.958 bits per heavy atom. The largest absolute Gasteiger partial charge is 0.388 e. The van der Waals surface area contributed by atoms with Crippen molar-refractivity contribution < 1.29 is 10.2 Å². The molecular formula is C20H23NO2S. The Bertz CT molecular complexity index is 668. The van der Waals surface area contributed by atoms with Gasteiger partial charge in [-0.15, -0.1) is 11.8 Å². The van der Waals surface area contributed by atoms with E-state index in [0.29, 0.717) is 6.42 Å². The van der Waals surface area contributed by atoms with Crippen molar-refractivity contribution in [2.24, 2.45) is 4.99 Å². The van der Waals surface area contributed by atoms with Crippen molar-refractivity contribution in [3.8, 4) is 0 Å². The first kappa shape index (κ1) is 17.2. The summed E-state index contributed by atoms with van der Waals surface area (Å²) in [5, 5.41) is 22.6. The first-order chi connectivity index (χ1) is 11.4. The molecule has 0 radical (unpaired) electrons. The smallest absolute Gasteiger partial charge is 0.121 e. The summed E-state index contributed by atoms with van der Waals surface area (Å²) >= 11 is 1.62. The summed E-state index contributed by atoms with van der Waals surface area (Å²) in [6.07, 6.45) is 0.415. The van der Waals surface area contributed by atoms with Gasteiger partial charge in [-0.05, 0) is 25.0 Å². The van der Waals surface area contributed by atoms with E-state index in [2.05, 4.69) is 4.99 Å². The van der Waals surface area contributed by atoms with Crippen LogP contribution in [0.4, 0.5) is 0 Å². The number of aliphatic imine (C=N–C) groups is 1. The first-order valence-corrected chi connectivity index (χ1v) is 9.13. The highest BCUT2D eigenvalue weighted by Gasteiger charge is 2.37. The van der Waals surface area contributed by atoms with Crippen molar-refractivity contribution in [1.82, 2.24) is 0 Å². The summed E-state index contributed by atoms with van der Waals surface area (Å²) < 4.78 is 0. The number of hydrogen-bond acceptors (Lipinski definition) is 4. The van der Waals surface area contributed by atoms with Crippen molar-refractivity contribution >= 4 is 16.8 Å². The predicted octanol–water partition coefficient (Wildman–Crippen LogP) is 3.60. The molecule has 1 aliphatic heterocycles.